The Bertz CT molecular complexity index is 454. The van der Waals surface area contributed by atoms with Crippen LogP contribution in [-0.2, 0) is 6.54 Å². The summed E-state index contributed by atoms with van der Waals surface area (Å²) >= 11 is 0. The summed E-state index contributed by atoms with van der Waals surface area (Å²) in [7, 11) is 0. The second kappa shape index (κ2) is 4.19. The molecular formula is C12H11FN2. The predicted molar refractivity (Wildman–Crippen MR) is 57.5 cm³/mol. The quantitative estimate of drug-likeness (QED) is 0.811. The lowest BCUT2D eigenvalue weighted by Crippen LogP contribution is -2.00. The van der Waals surface area contributed by atoms with Gasteiger partial charge in [-0.3, -0.25) is 4.98 Å². The Balaban J connectivity index is 2.53. The monoisotopic (exact) mass is 202 g/mol. The van der Waals surface area contributed by atoms with Crippen molar-refractivity contribution in [1.29, 1.82) is 0 Å². The summed E-state index contributed by atoms with van der Waals surface area (Å²) in [6, 6.07) is 10.2. The third-order valence-electron chi connectivity index (χ3n) is 2.23. The van der Waals surface area contributed by atoms with Crippen molar-refractivity contribution < 1.29 is 4.39 Å². The van der Waals surface area contributed by atoms with Crippen LogP contribution in [0.1, 0.15) is 5.56 Å². The summed E-state index contributed by atoms with van der Waals surface area (Å²) in [5.41, 5.74) is 8.04. The minimum atomic E-state index is -0.268. The van der Waals surface area contributed by atoms with Crippen molar-refractivity contribution in [1.82, 2.24) is 4.98 Å². The first kappa shape index (κ1) is 9.80. The Morgan fingerprint density at radius 1 is 1.20 bits per heavy atom. The summed E-state index contributed by atoms with van der Waals surface area (Å²) in [4.78, 5) is 4.21. The number of hydrogen-bond acceptors (Lipinski definition) is 2. The molecule has 76 valence electrons. The molecule has 2 N–H and O–H groups in total. The Labute approximate surface area is 87.6 Å². The van der Waals surface area contributed by atoms with Crippen molar-refractivity contribution in [3.8, 4) is 11.3 Å². The van der Waals surface area contributed by atoms with Gasteiger partial charge in [0.15, 0.2) is 0 Å². The van der Waals surface area contributed by atoms with Crippen LogP contribution in [0.15, 0.2) is 42.6 Å². The molecule has 0 spiro atoms. The van der Waals surface area contributed by atoms with E-state index in [-0.39, 0.29) is 5.82 Å². The van der Waals surface area contributed by atoms with E-state index < -0.39 is 0 Å². The highest BCUT2D eigenvalue weighted by atomic mass is 19.1. The molecule has 2 aromatic rings. The average Bonchev–Trinajstić information content (AvgIpc) is 2.30. The fourth-order valence-electron chi connectivity index (χ4n) is 1.50. The third kappa shape index (κ3) is 2.02. The number of rotatable bonds is 2. The van der Waals surface area contributed by atoms with Gasteiger partial charge in [-0.1, -0.05) is 6.07 Å². The number of nitrogens with two attached hydrogens (primary N) is 1. The van der Waals surface area contributed by atoms with Crippen molar-refractivity contribution in [2.45, 2.75) is 6.54 Å². The van der Waals surface area contributed by atoms with E-state index in [2.05, 4.69) is 4.98 Å². The van der Waals surface area contributed by atoms with E-state index in [4.69, 9.17) is 5.73 Å². The molecule has 2 rings (SSSR count). The van der Waals surface area contributed by atoms with Gasteiger partial charge in [-0.25, -0.2) is 4.39 Å². The van der Waals surface area contributed by atoms with Crippen molar-refractivity contribution in [3.63, 3.8) is 0 Å². The van der Waals surface area contributed by atoms with Crippen LogP contribution in [0.3, 0.4) is 0 Å². The zero-order chi connectivity index (χ0) is 10.7. The number of nitrogens with zero attached hydrogens (tertiary/aromatic N) is 1. The van der Waals surface area contributed by atoms with Crippen molar-refractivity contribution in [2.75, 3.05) is 0 Å². The molecule has 0 aliphatic rings. The largest absolute Gasteiger partial charge is 0.326 e. The van der Waals surface area contributed by atoms with Crippen LogP contribution in [0.25, 0.3) is 11.3 Å². The fourth-order valence-corrected chi connectivity index (χ4v) is 1.50. The third-order valence-corrected chi connectivity index (χ3v) is 2.23. The molecule has 0 bridgehead atoms. The molecule has 1 aromatic heterocycles. The van der Waals surface area contributed by atoms with E-state index in [0.29, 0.717) is 6.54 Å². The van der Waals surface area contributed by atoms with Gasteiger partial charge in [-0.15, -0.1) is 0 Å². The van der Waals surface area contributed by atoms with Crippen LogP contribution in [0.2, 0.25) is 0 Å². The lowest BCUT2D eigenvalue weighted by Gasteiger charge is -2.06. The van der Waals surface area contributed by atoms with Gasteiger partial charge >= 0.3 is 0 Å². The highest BCUT2D eigenvalue weighted by Crippen LogP contribution is 2.21. The zero-order valence-electron chi connectivity index (χ0n) is 8.15. The van der Waals surface area contributed by atoms with E-state index in [9.17, 15) is 4.39 Å². The highest BCUT2D eigenvalue weighted by molar-refractivity contribution is 5.63. The highest BCUT2D eigenvalue weighted by Gasteiger charge is 2.05. The minimum Gasteiger partial charge on any atom is -0.326 e. The van der Waals surface area contributed by atoms with E-state index in [1.165, 1.54) is 12.1 Å². The summed E-state index contributed by atoms with van der Waals surface area (Å²) in [5.74, 6) is -0.268. The summed E-state index contributed by atoms with van der Waals surface area (Å²) in [6.45, 7) is 0.309. The van der Waals surface area contributed by atoms with Crippen LogP contribution >= 0.6 is 0 Å². The summed E-state index contributed by atoms with van der Waals surface area (Å²) in [5, 5.41) is 0. The number of benzene rings is 1. The maximum atomic E-state index is 13.0. The second-order valence-corrected chi connectivity index (χ2v) is 3.22. The van der Waals surface area contributed by atoms with E-state index >= 15 is 0 Å². The predicted octanol–water partition coefficient (Wildman–Crippen LogP) is 2.35. The van der Waals surface area contributed by atoms with Crippen LogP contribution in [0.5, 0.6) is 0 Å². The maximum absolute atomic E-state index is 13.0. The van der Waals surface area contributed by atoms with Crippen LogP contribution in [0, 0.1) is 5.82 Å². The molecule has 0 aliphatic heterocycles. The molecule has 0 radical (unpaired) electrons. The van der Waals surface area contributed by atoms with Crippen LogP contribution < -0.4 is 5.73 Å². The Kier molecular flexibility index (Phi) is 2.74. The molecule has 0 saturated heterocycles. The zero-order valence-corrected chi connectivity index (χ0v) is 8.15. The maximum Gasteiger partial charge on any atom is 0.123 e. The molecule has 1 aromatic carbocycles. The SMILES string of the molecule is NCc1cc(F)ccc1-c1ccccn1. The topological polar surface area (TPSA) is 38.9 Å². The lowest BCUT2D eigenvalue weighted by atomic mass is 10.0. The molecule has 3 heteroatoms. The summed E-state index contributed by atoms with van der Waals surface area (Å²) in [6.07, 6.45) is 1.71. The molecule has 0 aliphatic carbocycles. The molecular weight excluding hydrogens is 191 g/mol. The Hall–Kier alpha value is -1.74. The number of aromatic nitrogens is 1. The van der Waals surface area contributed by atoms with Gasteiger partial charge < -0.3 is 5.73 Å². The lowest BCUT2D eigenvalue weighted by molar-refractivity contribution is 0.625. The number of halogens is 1. The average molecular weight is 202 g/mol. The molecule has 0 amide bonds. The van der Waals surface area contributed by atoms with E-state index in [0.717, 1.165) is 16.8 Å². The molecule has 0 atom stereocenters. The molecule has 0 unspecified atom stereocenters. The molecule has 0 saturated carbocycles. The van der Waals surface area contributed by atoms with Gasteiger partial charge in [0.2, 0.25) is 0 Å². The van der Waals surface area contributed by atoms with Gasteiger partial charge in [-0.05, 0) is 35.9 Å². The first-order chi connectivity index (χ1) is 7.31. The number of pyridine rings is 1. The first-order valence-electron chi connectivity index (χ1n) is 4.71. The Morgan fingerprint density at radius 2 is 2.07 bits per heavy atom. The van der Waals surface area contributed by atoms with Gasteiger partial charge in [0.1, 0.15) is 5.82 Å². The molecule has 15 heavy (non-hydrogen) atoms. The minimum absolute atomic E-state index is 0.268. The smallest absolute Gasteiger partial charge is 0.123 e. The molecule has 1 heterocycles. The Morgan fingerprint density at radius 3 is 2.73 bits per heavy atom. The van der Waals surface area contributed by atoms with Crippen LogP contribution in [-0.4, -0.2) is 4.98 Å². The van der Waals surface area contributed by atoms with E-state index in [1.807, 2.05) is 18.2 Å². The van der Waals surface area contributed by atoms with Gasteiger partial charge in [0.05, 0.1) is 5.69 Å². The number of hydrogen-bond donors (Lipinski definition) is 1. The van der Waals surface area contributed by atoms with Crippen LogP contribution in [0.4, 0.5) is 4.39 Å². The molecule has 2 nitrogen and oxygen atoms in total. The van der Waals surface area contributed by atoms with Crippen molar-refractivity contribution in [3.05, 3.63) is 54.0 Å². The first-order valence-corrected chi connectivity index (χ1v) is 4.71. The second-order valence-electron chi connectivity index (χ2n) is 3.22. The molecule has 0 fully saturated rings. The van der Waals surface area contributed by atoms with Gasteiger partial charge in [-0.2, -0.15) is 0 Å². The summed E-state index contributed by atoms with van der Waals surface area (Å²) < 4.78 is 13.0. The normalized spacial score (nSPS) is 10.3. The van der Waals surface area contributed by atoms with Crippen molar-refractivity contribution >= 4 is 0 Å². The standard InChI is InChI=1S/C12H11FN2/c13-10-4-5-11(9(7-10)8-14)12-3-1-2-6-15-12/h1-7H,8,14H2. The van der Waals surface area contributed by atoms with Crippen molar-refractivity contribution in [2.24, 2.45) is 5.73 Å². The fraction of sp³-hybridized carbons (Fsp3) is 0.0833. The van der Waals surface area contributed by atoms with Gasteiger partial charge in [0.25, 0.3) is 0 Å². The van der Waals surface area contributed by atoms with E-state index in [1.54, 1.807) is 12.3 Å². The van der Waals surface area contributed by atoms with Gasteiger partial charge in [0, 0.05) is 18.3 Å².